The Kier molecular flexibility index (Phi) is 2.70. The first kappa shape index (κ1) is 11.5. The van der Waals surface area contributed by atoms with Gasteiger partial charge in [0, 0.05) is 18.7 Å². The molecule has 1 aromatic carbocycles. The molecule has 0 spiro atoms. The lowest BCUT2D eigenvalue weighted by molar-refractivity contribution is 0.122. The van der Waals surface area contributed by atoms with Gasteiger partial charge in [0.05, 0.1) is 13.2 Å². The summed E-state index contributed by atoms with van der Waals surface area (Å²) in [6.45, 7) is 3.34. The summed E-state index contributed by atoms with van der Waals surface area (Å²) in [5, 5.41) is 7.24. The standard InChI is InChI=1S/C13H14N4O3/c1-2-10-11(20-8-19-10)7-9(1)12-14-13(16-15-12)17-3-5-18-6-4-17/h1-2,7H,3-6,8H2,(H,14,15,16). The first-order chi connectivity index (χ1) is 9.90. The van der Waals surface area contributed by atoms with Crippen molar-refractivity contribution >= 4 is 5.95 Å². The molecule has 0 bridgehead atoms. The van der Waals surface area contributed by atoms with E-state index in [1.54, 1.807) is 0 Å². The molecule has 0 atom stereocenters. The SMILES string of the molecule is c1cc2c(cc1-c1nc(N3CCOCC3)n[nH]1)OCO2. The summed E-state index contributed by atoms with van der Waals surface area (Å²) < 4.78 is 16.0. The fourth-order valence-electron chi connectivity index (χ4n) is 2.33. The van der Waals surface area contributed by atoms with Crippen LogP contribution in [0.15, 0.2) is 18.2 Å². The Bertz CT molecular complexity index is 622. The molecule has 3 heterocycles. The molecular weight excluding hydrogens is 260 g/mol. The number of nitrogens with one attached hydrogen (secondary N) is 1. The van der Waals surface area contributed by atoms with Crippen LogP contribution < -0.4 is 14.4 Å². The third kappa shape index (κ3) is 1.96. The van der Waals surface area contributed by atoms with Gasteiger partial charge in [-0.25, -0.2) is 0 Å². The Balaban J connectivity index is 1.61. The molecule has 2 aliphatic heterocycles. The van der Waals surface area contributed by atoms with Crippen LogP contribution >= 0.6 is 0 Å². The highest BCUT2D eigenvalue weighted by molar-refractivity contribution is 5.62. The highest BCUT2D eigenvalue weighted by atomic mass is 16.7. The molecule has 2 aliphatic rings. The summed E-state index contributed by atoms with van der Waals surface area (Å²) in [7, 11) is 0. The van der Waals surface area contributed by atoms with Crippen LogP contribution in [0.25, 0.3) is 11.4 Å². The predicted molar refractivity (Wildman–Crippen MR) is 71.0 cm³/mol. The molecule has 1 aromatic heterocycles. The molecule has 4 rings (SSSR count). The minimum atomic E-state index is 0.272. The third-order valence-electron chi connectivity index (χ3n) is 3.41. The Morgan fingerprint density at radius 1 is 1.10 bits per heavy atom. The fraction of sp³-hybridized carbons (Fsp3) is 0.385. The molecule has 2 aromatic rings. The van der Waals surface area contributed by atoms with Gasteiger partial charge in [0.2, 0.25) is 12.7 Å². The first-order valence-electron chi connectivity index (χ1n) is 6.55. The number of fused-ring (bicyclic) bond motifs is 1. The molecule has 0 saturated carbocycles. The predicted octanol–water partition coefficient (Wildman–Crippen LogP) is 1.04. The van der Waals surface area contributed by atoms with Crippen LogP contribution in [0, 0.1) is 0 Å². The summed E-state index contributed by atoms with van der Waals surface area (Å²) in [5.74, 6) is 2.94. The highest BCUT2D eigenvalue weighted by Crippen LogP contribution is 2.35. The second-order valence-corrected chi connectivity index (χ2v) is 4.65. The van der Waals surface area contributed by atoms with Gasteiger partial charge in [0.1, 0.15) is 0 Å². The summed E-state index contributed by atoms with van der Waals surface area (Å²) in [5.41, 5.74) is 0.932. The van der Waals surface area contributed by atoms with E-state index in [-0.39, 0.29) is 6.79 Å². The number of benzene rings is 1. The molecule has 0 aliphatic carbocycles. The van der Waals surface area contributed by atoms with E-state index < -0.39 is 0 Å². The van der Waals surface area contributed by atoms with Crippen LogP contribution in [0.4, 0.5) is 5.95 Å². The number of nitrogens with zero attached hydrogens (tertiary/aromatic N) is 3. The molecule has 0 unspecified atom stereocenters. The van der Waals surface area contributed by atoms with E-state index >= 15 is 0 Å². The average molecular weight is 274 g/mol. The Morgan fingerprint density at radius 3 is 2.85 bits per heavy atom. The lowest BCUT2D eigenvalue weighted by atomic mass is 10.2. The number of hydrogen-bond acceptors (Lipinski definition) is 6. The minimum absolute atomic E-state index is 0.272. The van der Waals surface area contributed by atoms with Gasteiger partial charge in [-0.05, 0) is 18.2 Å². The van der Waals surface area contributed by atoms with Crippen molar-refractivity contribution in [2.75, 3.05) is 38.0 Å². The maximum atomic E-state index is 5.37. The Labute approximate surface area is 115 Å². The summed E-state index contributed by atoms with van der Waals surface area (Å²) in [6, 6.07) is 5.73. The molecule has 0 radical (unpaired) electrons. The summed E-state index contributed by atoms with van der Waals surface area (Å²) in [4.78, 5) is 6.64. The Hall–Kier alpha value is -2.28. The normalized spacial score (nSPS) is 17.5. The zero-order valence-corrected chi connectivity index (χ0v) is 10.8. The topological polar surface area (TPSA) is 72.5 Å². The Morgan fingerprint density at radius 2 is 1.95 bits per heavy atom. The number of H-pyrrole nitrogens is 1. The van der Waals surface area contributed by atoms with Gasteiger partial charge in [-0.15, -0.1) is 5.10 Å². The maximum absolute atomic E-state index is 5.37. The van der Waals surface area contributed by atoms with Crippen LogP contribution in [-0.4, -0.2) is 48.3 Å². The van der Waals surface area contributed by atoms with Crippen LogP contribution in [0.1, 0.15) is 0 Å². The summed E-state index contributed by atoms with van der Waals surface area (Å²) in [6.07, 6.45) is 0. The second-order valence-electron chi connectivity index (χ2n) is 4.65. The number of aromatic nitrogens is 3. The van der Waals surface area contributed by atoms with Gasteiger partial charge >= 0.3 is 0 Å². The van der Waals surface area contributed by atoms with E-state index in [0.29, 0.717) is 19.2 Å². The van der Waals surface area contributed by atoms with Gasteiger partial charge in [0.15, 0.2) is 17.3 Å². The third-order valence-corrected chi connectivity index (χ3v) is 3.41. The van der Waals surface area contributed by atoms with E-state index in [1.807, 2.05) is 18.2 Å². The van der Waals surface area contributed by atoms with Gasteiger partial charge in [-0.2, -0.15) is 4.98 Å². The zero-order chi connectivity index (χ0) is 13.4. The van der Waals surface area contributed by atoms with Gasteiger partial charge in [0.25, 0.3) is 0 Å². The highest BCUT2D eigenvalue weighted by Gasteiger charge is 2.18. The van der Waals surface area contributed by atoms with Gasteiger partial charge < -0.3 is 19.1 Å². The van der Waals surface area contributed by atoms with Crippen molar-refractivity contribution < 1.29 is 14.2 Å². The van der Waals surface area contributed by atoms with E-state index in [1.165, 1.54) is 0 Å². The molecule has 7 heteroatoms. The number of ether oxygens (including phenoxy) is 3. The first-order valence-corrected chi connectivity index (χ1v) is 6.55. The number of anilines is 1. The molecule has 1 fully saturated rings. The van der Waals surface area contributed by atoms with Crippen molar-refractivity contribution in [2.24, 2.45) is 0 Å². The average Bonchev–Trinajstić information content (AvgIpc) is 3.16. The van der Waals surface area contributed by atoms with Crippen molar-refractivity contribution in [3.8, 4) is 22.9 Å². The minimum Gasteiger partial charge on any atom is -0.454 e. The number of morpholine rings is 1. The smallest absolute Gasteiger partial charge is 0.245 e. The largest absolute Gasteiger partial charge is 0.454 e. The van der Waals surface area contributed by atoms with Crippen molar-refractivity contribution in [3.63, 3.8) is 0 Å². The van der Waals surface area contributed by atoms with Gasteiger partial charge in [-0.3, -0.25) is 5.10 Å². The number of rotatable bonds is 2. The zero-order valence-electron chi connectivity index (χ0n) is 10.8. The monoisotopic (exact) mass is 274 g/mol. The number of aromatic amines is 1. The van der Waals surface area contributed by atoms with Crippen LogP contribution in [-0.2, 0) is 4.74 Å². The van der Waals surface area contributed by atoms with Crippen LogP contribution in [0.5, 0.6) is 11.5 Å². The lowest BCUT2D eigenvalue weighted by Gasteiger charge is -2.25. The van der Waals surface area contributed by atoms with E-state index in [2.05, 4.69) is 20.1 Å². The molecule has 20 heavy (non-hydrogen) atoms. The molecule has 1 N–H and O–H groups in total. The molecule has 0 amide bonds. The van der Waals surface area contributed by atoms with Crippen LogP contribution in [0.3, 0.4) is 0 Å². The van der Waals surface area contributed by atoms with E-state index in [0.717, 1.165) is 36.0 Å². The molecule has 1 saturated heterocycles. The van der Waals surface area contributed by atoms with Gasteiger partial charge in [-0.1, -0.05) is 0 Å². The van der Waals surface area contributed by atoms with Crippen LogP contribution in [0.2, 0.25) is 0 Å². The van der Waals surface area contributed by atoms with Crippen molar-refractivity contribution in [1.29, 1.82) is 0 Å². The van der Waals surface area contributed by atoms with Crippen molar-refractivity contribution in [3.05, 3.63) is 18.2 Å². The fourth-order valence-corrected chi connectivity index (χ4v) is 2.33. The lowest BCUT2D eigenvalue weighted by Crippen LogP contribution is -2.36. The molecule has 7 nitrogen and oxygen atoms in total. The second kappa shape index (κ2) is 4.68. The van der Waals surface area contributed by atoms with E-state index in [4.69, 9.17) is 14.2 Å². The molecule has 104 valence electrons. The van der Waals surface area contributed by atoms with Crippen molar-refractivity contribution in [2.45, 2.75) is 0 Å². The maximum Gasteiger partial charge on any atom is 0.245 e. The van der Waals surface area contributed by atoms with E-state index in [9.17, 15) is 0 Å². The number of hydrogen-bond donors (Lipinski definition) is 1. The summed E-state index contributed by atoms with van der Waals surface area (Å²) >= 11 is 0. The quantitative estimate of drug-likeness (QED) is 0.882. The van der Waals surface area contributed by atoms with Crippen molar-refractivity contribution in [1.82, 2.24) is 15.2 Å². The molecular formula is C13H14N4O3.